The third-order valence-electron chi connectivity index (χ3n) is 4.42. The van der Waals surface area contributed by atoms with Gasteiger partial charge in [0.2, 0.25) is 0 Å². The molecule has 1 aliphatic heterocycles. The lowest BCUT2D eigenvalue weighted by molar-refractivity contribution is 0.0302. The van der Waals surface area contributed by atoms with Gasteiger partial charge in [-0.3, -0.25) is 4.90 Å². The van der Waals surface area contributed by atoms with Crippen molar-refractivity contribution in [3.05, 3.63) is 35.9 Å². The Morgan fingerprint density at radius 2 is 2.00 bits per heavy atom. The van der Waals surface area contributed by atoms with E-state index < -0.39 is 0 Å². The van der Waals surface area contributed by atoms with Crippen molar-refractivity contribution in [3.8, 4) is 0 Å². The van der Waals surface area contributed by atoms with E-state index in [4.69, 9.17) is 4.74 Å². The molecule has 0 spiro atoms. The van der Waals surface area contributed by atoms with Gasteiger partial charge in [0.1, 0.15) is 0 Å². The van der Waals surface area contributed by atoms with E-state index in [1.807, 2.05) is 0 Å². The number of benzene rings is 1. The van der Waals surface area contributed by atoms with Crippen LogP contribution in [0.5, 0.6) is 0 Å². The maximum atomic E-state index is 5.51. The second kappa shape index (κ2) is 7.77. The highest BCUT2D eigenvalue weighted by atomic mass is 16.5. The maximum absolute atomic E-state index is 5.51. The van der Waals surface area contributed by atoms with Gasteiger partial charge in [0.05, 0.1) is 12.6 Å². The van der Waals surface area contributed by atoms with Gasteiger partial charge in [0.25, 0.3) is 0 Å². The van der Waals surface area contributed by atoms with Crippen LogP contribution in [0.1, 0.15) is 38.3 Å². The number of hydrogen-bond donors (Lipinski definition) is 1. The molecule has 1 aliphatic rings. The molecule has 112 valence electrons. The van der Waals surface area contributed by atoms with Crippen LogP contribution in [0.4, 0.5) is 0 Å². The van der Waals surface area contributed by atoms with Gasteiger partial charge in [0.15, 0.2) is 0 Å². The minimum atomic E-state index is 0.363. The molecule has 0 bridgehead atoms. The molecule has 1 heterocycles. The highest BCUT2D eigenvalue weighted by molar-refractivity contribution is 5.20. The maximum Gasteiger partial charge on any atom is 0.0659 e. The number of nitrogens with one attached hydrogen (secondary N) is 1. The Morgan fingerprint density at radius 3 is 2.60 bits per heavy atom. The smallest absolute Gasteiger partial charge is 0.0659 e. The van der Waals surface area contributed by atoms with Gasteiger partial charge in [-0.1, -0.05) is 44.2 Å². The topological polar surface area (TPSA) is 24.5 Å². The Bertz CT molecular complexity index is 382. The molecule has 3 heteroatoms. The molecular weight excluding hydrogens is 248 g/mol. The van der Waals surface area contributed by atoms with Crippen molar-refractivity contribution in [2.24, 2.45) is 0 Å². The van der Waals surface area contributed by atoms with Gasteiger partial charge in [-0.05, 0) is 18.4 Å². The zero-order chi connectivity index (χ0) is 14.4. The number of methoxy groups -OCH3 is 1. The summed E-state index contributed by atoms with van der Waals surface area (Å²) in [4.78, 5) is 2.64. The first-order valence-corrected chi connectivity index (χ1v) is 7.83. The van der Waals surface area contributed by atoms with Gasteiger partial charge in [-0.25, -0.2) is 0 Å². The van der Waals surface area contributed by atoms with Crippen molar-refractivity contribution in [3.63, 3.8) is 0 Å². The average Bonchev–Trinajstić information content (AvgIpc) is 2.53. The number of hydrogen-bond acceptors (Lipinski definition) is 3. The van der Waals surface area contributed by atoms with Crippen LogP contribution in [0.25, 0.3) is 0 Å². The number of rotatable bonds is 6. The standard InChI is InChI=1S/C17H28N2O/c1-4-15-12-19(16(5-2)11-18-15)17(13-20-3)14-9-7-6-8-10-14/h6-10,15-18H,4-5,11-13H2,1-3H3. The molecule has 3 nitrogen and oxygen atoms in total. The summed E-state index contributed by atoms with van der Waals surface area (Å²) in [7, 11) is 1.80. The summed E-state index contributed by atoms with van der Waals surface area (Å²) in [5, 5.41) is 3.67. The fraction of sp³-hybridized carbons (Fsp3) is 0.647. The molecule has 1 aromatic carbocycles. The van der Waals surface area contributed by atoms with Crippen molar-refractivity contribution < 1.29 is 4.74 Å². The lowest BCUT2D eigenvalue weighted by atomic mass is 9.98. The number of nitrogens with zero attached hydrogens (tertiary/aromatic N) is 1. The van der Waals surface area contributed by atoms with Crippen LogP contribution in [0.3, 0.4) is 0 Å². The quantitative estimate of drug-likeness (QED) is 0.864. The second-order valence-corrected chi connectivity index (χ2v) is 5.65. The Morgan fingerprint density at radius 1 is 1.25 bits per heavy atom. The summed E-state index contributed by atoms with van der Waals surface area (Å²) < 4.78 is 5.51. The Labute approximate surface area is 123 Å². The Kier molecular flexibility index (Phi) is 6.02. The number of piperazine rings is 1. The van der Waals surface area contributed by atoms with E-state index in [9.17, 15) is 0 Å². The highest BCUT2D eigenvalue weighted by Crippen LogP contribution is 2.27. The van der Waals surface area contributed by atoms with Crippen LogP contribution < -0.4 is 5.32 Å². The molecule has 0 saturated carbocycles. The zero-order valence-corrected chi connectivity index (χ0v) is 13.0. The molecule has 20 heavy (non-hydrogen) atoms. The van der Waals surface area contributed by atoms with E-state index in [2.05, 4.69) is 54.4 Å². The Hall–Kier alpha value is -0.900. The van der Waals surface area contributed by atoms with E-state index in [1.165, 1.54) is 18.4 Å². The van der Waals surface area contributed by atoms with Crippen LogP contribution in [0.15, 0.2) is 30.3 Å². The third-order valence-corrected chi connectivity index (χ3v) is 4.42. The van der Waals surface area contributed by atoms with Gasteiger partial charge in [-0.2, -0.15) is 0 Å². The third kappa shape index (κ3) is 3.60. The summed E-state index contributed by atoms with van der Waals surface area (Å²) in [6.07, 6.45) is 2.36. The monoisotopic (exact) mass is 276 g/mol. The SMILES string of the molecule is CCC1CN(C(COC)c2ccccc2)C(CC)CN1. The summed E-state index contributed by atoms with van der Waals surface area (Å²) >= 11 is 0. The minimum Gasteiger partial charge on any atom is -0.383 e. The first kappa shape index (κ1) is 15.5. The Balaban J connectivity index is 2.21. The summed E-state index contributed by atoms with van der Waals surface area (Å²) in [6, 6.07) is 12.3. The molecule has 3 unspecified atom stereocenters. The lowest BCUT2D eigenvalue weighted by Crippen LogP contribution is -2.57. The number of ether oxygens (including phenoxy) is 1. The van der Waals surface area contributed by atoms with Crippen molar-refractivity contribution in [2.45, 2.75) is 44.8 Å². The first-order chi connectivity index (χ1) is 9.80. The molecule has 0 amide bonds. The van der Waals surface area contributed by atoms with Crippen LogP contribution >= 0.6 is 0 Å². The molecule has 1 N–H and O–H groups in total. The van der Waals surface area contributed by atoms with Crippen LogP contribution in [0.2, 0.25) is 0 Å². The molecule has 1 aromatic rings. The molecule has 2 rings (SSSR count). The molecular formula is C17H28N2O. The van der Waals surface area contributed by atoms with E-state index in [0.717, 1.165) is 19.7 Å². The molecule has 0 aliphatic carbocycles. The van der Waals surface area contributed by atoms with Crippen molar-refractivity contribution in [1.29, 1.82) is 0 Å². The van der Waals surface area contributed by atoms with E-state index >= 15 is 0 Å². The fourth-order valence-corrected chi connectivity index (χ4v) is 3.14. The van der Waals surface area contributed by atoms with Crippen molar-refractivity contribution in [2.75, 3.05) is 26.8 Å². The normalized spacial score (nSPS) is 25.6. The largest absolute Gasteiger partial charge is 0.383 e. The predicted octanol–water partition coefficient (Wildman–Crippen LogP) is 2.84. The highest BCUT2D eigenvalue weighted by Gasteiger charge is 2.31. The summed E-state index contributed by atoms with van der Waals surface area (Å²) in [6.45, 7) is 7.49. The predicted molar refractivity (Wildman–Crippen MR) is 83.9 cm³/mol. The lowest BCUT2D eigenvalue weighted by Gasteiger charge is -2.44. The average molecular weight is 276 g/mol. The molecule has 0 radical (unpaired) electrons. The molecule has 3 atom stereocenters. The first-order valence-electron chi connectivity index (χ1n) is 7.83. The van der Waals surface area contributed by atoms with E-state index in [0.29, 0.717) is 18.1 Å². The van der Waals surface area contributed by atoms with Crippen LogP contribution in [0, 0.1) is 0 Å². The van der Waals surface area contributed by atoms with Gasteiger partial charge in [0, 0.05) is 32.3 Å². The zero-order valence-electron chi connectivity index (χ0n) is 13.0. The molecule has 1 saturated heterocycles. The molecule has 1 fully saturated rings. The van der Waals surface area contributed by atoms with Gasteiger partial charge >= 0.3 is 0 Å². The fourth-order valence-electron chi connectivity index (χ4n) is 3.14. The summed E-state index contributed by atoms with van der Waals surface area (Å²) in [5.74, 6) is 0. The second-order valence-electron chi connectivity index (χ2n) is 5.65. The van der Waals surface area contributed by atoms with Crippen molar-refractivity contribution >= 4 is 0 Å². The van der Waals surface area contributed by atoms with Gasteiger partial charge < -0.3 is 10.1 Å². The van der Waals surface area contributed by atoms with Crippen molar-refractivity contribution in [1.82, 2.24) is 10.2 Å². The summed E-state index contributed by atoms with van der Waals surface area (Å²) in [5.41, 5.74) is 1.37. The van der Waals surface area contributed by atoms with Gasteiger partial charge in [-0.15, -0.1) is 0 Å². The van der Waals surface area contributed by atoms with Crippen LogP contribution in [-0.2, 0) is 4.74 Å². The van der Waals surface area contributed by atoms with Crippen LogP contribution in [-0.4, -0.2) is 43.8 Å². The van der Waals surface area contributed by atoms with E-state index in [1.54, 1.807) is 7.11 Å². The molecule has 0 aromatic heterocycles. The minimum absolute atomic E-state index is 0.363. The van der Waals surface area contributed by atoms with E-state index in [-0.39, 0.29) is 0 Å².